The maximum atomic E-state index is 13.3. The molecular formula is C15H23FN2O. The number of halogens is 1. The van der Waals surface area contributed by atoms with Crippen molar-refractivity contribution >= 4 is 5.91 Å². The van der Waals surface area contributed by atoms with E-state index >= 15 is 0 Å². The monoisotopic (exact) mass is 266 g/mol. The molecule has 0 saturated carbocycles. The second-order valence-electron chi connectivity index (χ2n) is 4.89. The molecule has 3 nitrogen and oxygen atoms in total. The molecule has 1 aromatic carbocycles. The number of nitrogens with one attached hydrogen (secondary N) is 2. The van der Waals surface area contributed by atoms with E-state index in [1.54, 1.807) is 13.0 Å². The minimum Gasteiger partial charge on any atom is -0.354 e. The van der Waals surface area contributed by atoms with Crippen LogP contribution in [0.15, 0.2) is 18.2 Å². The molecule has 1 atom stereocenters. The molecule has 0 heterocycles. The first-order chi connectivity index (χ1) is 9.02. The van der Waals surface area contributed by atoms with Gasteiger partial charge in [-0.25, -0.2) is 4.39 Å². The van der Waals surface area contributed by atoms with E-state index in [4.69, 9.17) is 0 Å². The molecule has 0 bridgehead atoms. The maximum absolute atomic E-state index is 13.3. The van der Waals surface area contributed by atoms with E-state index < -0.39 is 0 Å². The number of aryl methyl sites for hydroxylation is 1. The molecule has 0 spiro atoms. The summed E-state index contributed by atoms with van der Waals surface area (Å²) in [4.78, 5) is 11.5. The van der Waals surface area contributed by atoms with Crippen LogP contribution >= 0.6 is 0 Å². The normalized spacial score (nSPS) is 12.2. The van der Waals surface area contributed by atoms with Crippen LogP contribution < -0.4 is 10.6 Å². The summed E-state index contributed by atoms with van der Waals surface area (Å²) in [5, 5.41) is 6.05. The molecule has 1 aromatic rings. The van der Waals surface area contributed by atoms with Gasteiger partial charge in [-0.3, -0.25) is 4.79 Å². The lowest BCUT2D eigenvalue weighted by atomic mass is 10.1. The van der Waals surface area contributed by atoms with Crippen LogP contribution in [0.2, 0.25) is 0 Å². The predicted molar refractivity (Wildman–Crippen MR) is 75.4 cm³/mol. The Kier molecular flexibility index (Phi) is 6.50. The highest BCUT2D eigenvalue weighted by molar-refractivity contribution is 5.76. The third-order valence-electron chi connectivity index (χ3n) is 3.11. The van der Waals surface area contributed by atoms with Gasteiger partial charge in [-0.1, -0.05) is 19.1 Å². The lowest BCUT2D eigenvalue weighted by molar-refractivity contribution is -0.121. The Labute approximate surface area is 114 Å². The standard InChI is InChI=1S/C15H23FN2O/c1-4-12(3)18-15(19)7-8-17-10-13-6-5-11(2)14(16)9-13/h5-6,9,12,17H,4,7-8,10H2,1-3H3,(H,18,19). The molecule has 0 fully saturated rings. The van der Waals surface area contributed by atoms with Gasteiger partial charge >= 0.3 is 0 Å². The fraction of sp³-hybridized carbons (Fsp3) is 0.533. The topological polar surface area (TPSA) is 41.1 Å². The zero-order valence-corrected chi connectivity index (χ0v) is 11.9. The Morgan fingerprint density at radius 3 is 2.79 bits per heavy atom. The van der Waals surface area contributed by atoms with Crippen molar-refractivity contribution in [2.75, 3.05) is 6.54 Å². The number of carbonyl (C=O) groups is 1. The summed E-state index contributed by atoms with van der Waals surface area (Å²) in [5.74, 6) is -0.134. The molecule has 0 aliphatic carbocycles. The lowest BCUT2D eigenvalue weighted by Crippen LogP contribution is -2.33. The highest BCUT2D eigenvalue weighted by atomic mass is 19.1. The molecule has 0 aliphatic rings. The Bertz CT molecular complexity index is 421. The Morgan fingerprint density at radius 1 is 1.42 bits per heavy atom. The average Bonchev–Trinajstić information content (AvgIpc) is 2.38. The van der Waals surface area contributed by atoms with Crippen molar-refractivity contribution in [1.82, 2.24) is 10.6 Å². The molecule has 19 heavy (non-hydrogen) atoms. The molecule has 2 N–H and O–H groups in total. The van der Waals surface area contributed by atoms with Crippen molar-refractivity contribution in [2.24, 2.45) is 0 Å². The van der Waals surface area contributed by atoms with Crippen LogP contribution in [-0.4, -0.2) is 18.5 Å². The largest absolute Gasteiger partial charge is 0.354 e. The molecule has 0 aromatic heterocycles. The summed E-state index contributed by atoms with van der Waals surface area (Å²) in [6.45, 7) is 6.94. The van der Waals surface area contributed by atoms with Gasteiger partial charge in [0.2, 0.25) is 5.91 Å². The van der Waals surface area contributed by atoms with E-state index in [0.29, 0.717) is 25.1 Å². The van der Waals surface area contributed by atoms with Crippen molar-refractivity contribution in [1.29, 1.82) is 0 Å². The first-order valence-corrected chi connectivity index (χ1v) is 6.78. The SMILES string of the molecule is CCC(C)NC(=O)CCNCc1ccc(C)c(F)c1. The van der Waals surface area contributed by atoms with E-state index in [9.17, 15) is 9.18 Å². The van der Waals surface area contributed by atoms with Crippen molar-refractivity contribution < 1.29 is 9.18 Å². The fourth-order valence-corrected chi connectivity index (χ4v) is 1.63. The van der Waals surface area contributed by atoms with Crippen LogP contribution in [0.1, 0.15) is 37.8 Å². The third-order valence-corrected chi connectivity index (χ3v) is 3.11. The van der Waals surface area contributed by atoms with Crippen molar-refractivity contribution in [3.8, 4) is 0 Å². The summed E-state index contributed by atoms with van der Waals surface area (Å²) >= 11 is 0. The number of hydrogen-bond donors (Lipinski definition) is 2. The number of benzene rings is 1. The summed E-state index contributed by atoms with van der Waals surface area (Å²) < 4.78 is 13.3. The second kappa shape index (κ2) is 7.89. The predicted octanol–water partition coefficient (Wildman–Crippen LogP) is 2.53. The Balaban J connectivity index is 2.23. The summed E-state index contributed by atoms with van der Waals surface area (Å²) in [6, 6.07) is 5.41. The Morgan fingerprint density at radius 2 is 2.16 bits per heavy atom. The molecule has 106 valence electrons. The number of carbonyl (C=O) groups excluding carboxylic acids is 1. The van der Waals surface area contributed by atoms with Crippen LogP contribution in [-0.2, 0) is 11.3 Å². The molecule has 0 saturated heterocycles. The van der Waals surface area contributed by atoms with Gasteiger partial charge in [-0.15, -0.1) is 0 Å². The van der Waals surface area contributed by atoms with Crippen LogP contribution in [0, 0.1) is 12.7 Å². The number of amides is 1. The lowest BCUT2D eigenvalue weighted by Gasteiger charge is -2.11. The number of rotatable bonds is 7. The van der Waals surface area contributed by atoms with Gasteiger partial charge in [0, 0.05) is 25.6 Å². The molecule has 1 rings (SSSR count). The van der Waals surface area contributed by atoms with Gasteiger partial charge in [0.25, 0.3) is 0 Å². The summed E-state index contributed by atoms with van der Waals surface area (Å²) in [5.41, 5.74) is 1.54. The molecule has 4 heteroatoms. The first kappa shape index (κ1) is 15.6. The van der Waals surface area contributed by atoms with Crippen molar-refractivity contribution in [3.63, 3.8) is 0 Å². The van der Waals surface area contributed by atoms with E-state index in [2.05, 4.69) is 10.6 Å². The summed E-state index contributed by atoms with van der Waals surface area (Å²) in [6.07, 6.45) is 1.38. The zero-order chi connectivity index (χ0) is 14.3. The van der Waals surface area contributed by atoms with Gasteiger partial charge in [0.05, 0.1) is 0 Å². The smallest absolute Gasteiger partial charge is 0.221 e. The van der Waals surface area contributed by atoms with E-state index in [-0.39, 0.29) is 17.8 Å². The van der Waals surface area contributed by atoms with Gasteiger partial charge in [0.1, 0.15) is 5.82 Å². The van der Waals surface area contributed by atoms with Crippen molar-refractivity contribution in [3.05, 3.63) is 35.1 Å². The van der Waals surface area contributed by atoms with Crippen LogP contribution in [0.25, 0.3) is 0 Å². The molecule has 1 unspecified atom stereocenters. The first-order valence-electron chi connectivity index (χ1n) is 6.78. The quantitative estimate of drug-likeness (QED) is 0.745. The zero-order valence-electron chi connectivity index (χ0n) is 11.9. The molecular weight excluding hydrogens is 243 g/mol. The summed E-state index contributed by atoms with van der Waals surface area (Å²) in [7, 11) is 0. The maximum Gasteiger partial charge on any atom is 0.221 e. The Hall–Kier alpha value is -1.42. The van der Waals surface area contributed by atoms with Gasteiger partial charge in [0.15, 0.2) is 0 Å². The van der Waals surface area contributed by atoms with Crippen LogP contribution in [0.3, 0.4) is 0 Å². The number of hydrogen-bond acceptors (Lipinski definition) is 2. The van der Waals surface area contributed by atoms with E-state index in [1.807, 2.05) is 19.9 Å². The van der Waals surface area contributed by atoms with Gasteiger partial charge < -0.3 is 10.6 Å². The average molecular weight is 266 g/mol. The minimum absolute atomic E-state index is 0.0527. The highest BCUT2D eigenvalue weighted by Crippen LogP contribution is 2.08. The van der Waals surface area contributed by atoms with Crippen molar-refractivity contribution in [2.45, 2.75) is 46.2 Å². The van der Waals surface area contributed by atoms with Crippen LogP contribution in [0.4, 0.5) is 4.39 Å². The van der Waals surface area contributed by atoms with Gasteiger partial charge in [-0.05, 0) is 37.5 Å². The minimum atomic E-state index is -0.186. The second-order valence-corrected chi connectivity index (χ2v) is 4.89. The molecule has 0 radical (unpaired) electrons. The van der Waals surface area contributed by atoms with Gasteiger partial charge in [-0.2, -0.15) is 0 Å². The third kappa shape index (κ3) is 5.83. The fourth-order valence-electron chi connectivity index (χ4n) is 1.63. The molecule has 0 aliphatic heterocycles. The van der Waals surface area contributed by atoms with E-state index in [1.165, 1.54) is 6.07 Å². The van der Waals surface area contributed by atoms with Crippen LogP contribution in [0.5, 0.6) is 0 Å². The van der Waals surface area contributed by atoms with E-state index in [0.717, 1.165) is 12.0 Å². The molecule has 1 amide bonds. The highest BCUT2D eigenvalue weighted by Gasteiger charge is 2.05.